The largest absolute Gasteiger partial charge is 1.00 e. The normalized spacial score (nSPS) is 10.9. The van der Waals surface area contributed by atoms with Crippen molar-refractivity contribution in [1.82, 2.24) is 0 Å². The SMILES string of the molecule is [Li+].c1ccc(Cc2pc(-c3ccccc3)c(-c3ccccc3)[p-]2)cc1. The summed E-state index contributed by atoms with van der Waals surface area (Å²) in [5.41, 5.74) is 4.08. The van der Waals surface area contributed by atoms with Gasteiger partial charge in [-0.2, -0.15) is 5.03 Å². The van der Waals surface area contributed by atoms with Crippen LogP contribution < -0.4 is 18.9 Å². The van der Waals surface area contributed by atoms with E-state index in [1.165, 1.54) is 43.7 Å². The topological polar surface area (TPSA) is 0 Å². The van der Waals surface area contributed by atoms with Gasteiger partial charge in [0.25, 0.3) is 0 Å². The van der Waals surface area contributed by atoms with Crippen molar-refractivity contribution < 1.29 is 18.9 Å². The Morgan fingerprint density at radius 1 is 0.640 bits per heavy atom. The van der Waals surface area contributed by atoms with E-state index in [1.54, 1.807) is 5.03 Å². The van der Waals surface area contributed by atoms with Gasteiger partial charge >= 0.3 is 18.9 Å². The summed E-state index contributed by atoms with van der Waals surface area (Å²) in [6.45, 7) is 0. The molecule has 0 atom stereocenters. The fraction of sp³-hybridized carbons (Fsp3) is 0.0455. The maximum Gasteiger partial charge on any atom is 1.00 e. The van der Waals surface area contributed by atoms with Crippen LogP contribution in [0.15, 0.2) is 91.0 Å². The maximum absolute atomic E-state index is 2.23. The molecule has 0 aliphatic carbocycles. The third-order valence-electron chi connectivity index (χ3n) is 4.01. The van der Waals surface area contributed by atoms with Gasteiger partial charge in [0.05, 0.1) is 0 Å². The first-order valence-corrected chi connectivity index (χ1v) is 9.87. The molecule has 0 N–H and O–H groups in total. The maximum atomic E-state index is 2.23. The first-order valence-electron chi connectivity index (χ1n) is 8.08. The second-order valence-corrected chi connectivity index (χ2v) is 8.51. The second kappa shape index (κ2) is 8.72. The van der Waals surface area contributed by atoms with Crippen molar-refractivity contribution in [3.05, 3.63) is 102 Å². The number of benzene rings is 3. The first kappa shape index (κ1) is 18.3. The predicted molar refractivity (Wildman–Crippen MR) is 107 cm³/mol. The Morgan fingerprint density at radius 3 is 1.76 bits per heavy atom. The van der Waals surface area contributed by atoms with Crippen molar-refractivity contribution in [3.8, 4) is 21.7 Å². The average Bonchev–Trinajstić information content (AvgIpc) is 3.08. The molecule has 0 fully saturated rings. The molecule has 3 heteroatoms. The van der Waals surface area contributed by atoms with Crippen LogP contribution in [0.3, 0.4) is 0 Å². The third kappa shape index (κ3) is 4.36. The summed E-state index contributed by atoms with van der Waals surface area (Å²) >= 11 is 0. The Kier molecular flexibility index (Phi) is 6.37. The molecule has 25 heavy (non-hydrogen) atoms. The fourth-order valence-electron chi connectivity index (χ4n) is 2.84. The molecule has 0 spiro atoms. The van der Waals surface area contributed by atoms with Crippen molar-refractivity contribution in [3.63, 3.8) is 0 Å². The molecule has 0 aliphatic rings. The van der Waals surface area contributed by atoms with E-state index in [0.29, 0.717) is 0 Å². The number of hydrogen-bond acceptors (Lipinski definition) is 0. The molecular weight excluding hydrogens is 333 g/mol. The van der Waals surface area contributed by atoms with Crippen LogP contribution in [0.1, 0.15) is 10.6 Å². The minimum absolute atomic E-state index is 0. The second-order valence-electron chi connectivity index (χ2n) is 5.73. The Hall–Kier alpha value is -1.53. The third-order valence-corrected chi connectivity index (χ3v) is 7.03. The number of rotatable bonds is 4. The molecule has 1 aromatic heterocycles. The van der Waals surface area contributed by atoms with Crippen molar-refractivity contribution in [1.29, 1.82) is 0 Å². The fourth-order valence-corrected chi connectivity index (χ4v) is 6.01. The monoisotopic (exact) mass is 350 g/mol. The van der Waals surface area contributed by atoms with E-state index >= 15 is 0 Å². The van der Waals surface area contributed by atoms with Crippen LogP contribution >= 0.6 is 16.4 Å². The van der Waals surface area contributed by atoms with Gasteiger partial charge in [0.2, 0.25) is 0 Å². The van der Waals surface area contributed by atoms with Crippen molar-refractivity contribution in [2.24, 2.45) is 0 Å². The van der Waals surface area contributed by atoms with Gasteiger partial charge in [-0.1, -0.05) is 102 Å². The standard InChI is InChI=1S/C22H17P2.Li/c1-4-10-17(11-5-1)16-20-23-21(18-12-6-2-7-13-18)22(24-20)19-14-8-3-9-15-19;/h1-15H,16H2;/q-1;+1. The Balaban J connectivity index is 0.00000182. The van der Waals surface area contributed by atoms with Gasteiger partial charge in [-0.3, -0.25) is 0 Å². The molecule has 4 rings (SSSR count). The summed E-state index contributed by atoms with van der Waals surface area (Å²) < 4.78 is 0. The summed E-state index contributed by atoms with van der Waals surface area (Å²) in [6.07, 6.45) is 1.05. The van der Waals surface area contributed by atoms with E-state index in [9.17, 15) is 0 Å². The van der Waals surface area contributed by atoms with Gasteiger partial charge in [-0.25, -0.2) is 0 Å². The Labute approximate surface area is 164 Å². The molecular formula is C22H17LiP2. The summed E-state index contributed by atoms with van der Waals surface area (Å²) in [7, 11) is 2.73. The molecule has 0 unspecified atom stereocenters. The van der Waals surface area contributed by atoms with E-state index in [1.807, 2.05) is 0 Å². The van der Waals surface area contributed by atoms with Gasteiger partial charge < -0.3 is 16.4 Å². The molecule has 0 aliphatic heterocycles. The van der Waals surface area contributed by atoms with Crippen molar-refractivity contribution >= 4 is 16.4 Å². The van der Waals surface area contributed by atoms with E-state index < -0.39 is 0 Å². The summed E-state index contributed by atoms with van der Waals surface area (Å²) in [5, 5.41) is 4.46. The zero-order chi connectivity index (χ0) is 16.2. The Bertz CT molecular complexity index is 859. The van der Waals surface area contributed by atoms with Crippen molar-refractivity contribution in [2.75, 3.05) is 0 Å². The van der Waals surface area contributed by atoms with Gasteiger partial charge in [-0.15, -0.1) is 0 Å². The summed E-state index contributed by atoms with van der Waals surface area (Å²) in [6, 6.07) is 32.4. The van der Waals surface area contributed by atoms with Crippen LogP contribution in [-0.2, 0) is 6.42 Å². The van der Waals surface area contributed by atoms with E-state index in [-0.39, 0.29) is 18.9 Å². The molecule has 0 radical (unpaired) electrons. The van der Waals surface area contributed by atoms with E-state index in [4.69, 9.17) is 0 Å². The quantitative estimate of drug-likeness (QED) is 0.476. The molecule has 116 valence electrons. The van der Waals surface area contributed by atoms with Crippen LogP contribution in [0, 0.1) is 0 Å². The van der Waals surface area contributed by atoms with Crippen LogP contribution in [0.2, 0.25) is 0 Å². The minimum Gasteiger partial charge on any atom is -0.302 e. The van der Waals surface area contributed by atoms with Crippen LogP contribution in [0.25, 0.3) is 21.7 Å². The smallest absolute Gasteiger partial charge is 0.302 e. The molecule has 0 amide bonds. The van der Waals surface area contributed by atoms with Gasteiger partial charge in [0, 0.05) is 0 Å². The first-order chi connectivity index (χ1) is 11.9. The zero-order valence-corrected chi connectivity index (χ0v) is 16.1. The van der Waals surface area contributed by atoms with Gasteiger partial charge in [0.15, 0.2) is 0 Å². The molecule has 3 aromatic carbocycles. The van der Waals surface area contributed by atoms with E-state index in [2.05, 4.69) is 91.0 Å². The zero-order valence-electron chi connectivity index (χ0n) is 14.3. The molecule has 1 heterocycles. The van der Waals surface area contributed by atoms with Gasteiger partial charge in [0.1, 0.15) is 0 Å². The summed E-state index contributed by atoms with van der Waals surface area (Å²) in [4.78, 5) is 0. The molecule has 4 aromatic rings. The Morgan fingerprint density at radius 2 is 1.16 bits per heavy atom. The van der Waals surface area contributed by atoms with Gasteiger partial charge in [-0.05, 0) is 23.1 Å². The number of hydrogen-bond donors (Lipinski definition) is 0. The molecule has 0 saturated carbocycles. The van der Waals surface area contributed by atoms with Crippen LogP contribution in [0.5, 0.6) is 0 Å². The van der Waals surface area contributed by atoms with Crippen LogP contribution in [-0.4, -0.2) is 0 Å². The summed E-state index contributed by atoms with van der Waals surface area (Å²) in [5.74, 6) is 0. The average molecular weight is 350 g/mol. The predicted octanol–water partition coefficient (Wildman–Crippen LogP) is 4.49. The molecule has 0 saturated heterocycles. The molecule has 0 bridgehead atoms. The van der Waals surface area contributed by atoms with E-state index in [0.717, 1.165) is 6.42 Å². The van der Waals surface area contributed by atoms with Crippen molar-refractivity contribution in [2.45, 2.75) is 6.42 Å². The van der Waals surface area contributed by atoms with Crippen LogP contribution in [0.4, 0.5) is 0 Å². The minimum atomic E-state index is 0. The molecule has 0 nitrogen and oxygen atoms in total.